The van der Waals surface area contributed by atoms with Crippen LogP contribution in [0, 0.1) is 23.5 Å². The molecule has 0 N–H and O–H groups in total. The Morgan fingerprint density at radius 1 is 0.968 bits per heavy atom. The van der Waals surface area contributed by atoms with Crippen LogP contribution < -0.4 is 4.74 Å². The fourth-order valence-corrected chi connectivity index (χ4v) is 5.52. The van der Waals surface area contributed by atoms with Crippen LogP contribution in [0.15, 0.2) is 49.1 Å². The van der Waals surface area contributed by atoms with E-state index in [0.29, 0.717) is 41.4 Å². The van der Waals surface area contributed by atoms with Crippen molar-refractivity contribution in [2.45, 2.75) is 57.5 Å². The second-order valence-electron chi connectivity index (χ2n) is 8.90. The molecular formula is C27H32F2O2. The number of hydrogen-bond donors (Lipinski definition) is 0. The van der Waals surface area contributed by atoms with Gasteiger partial charge in [0.15, 0.2) is 0 Å². The van der Waals surface area contributed by atoms with Crippen molar-refractivity contribution in [2.24, 2.45) is 11.8 Å². The molecule has 0 bridgehead atoms. The zero-order chi connectivity index (χ0) is 21.8. The molecule has 0 heterocycles. The smallest absolute Gasteiger partial charge is 0.134 e. The van der Waals surface area contributed by atoms with E-state index in [1.807, 2.05) is 12.1 Å². The third-order valence-electron chi connectivity index (χ3n) is 7.03. The Labute approximate surface area is 184 Å². The summed E-state index contributed by atoms with van der Waals surface area (Å²) >= 11 is 0. The topological polar surface area (TPSA) is 18.5 Å². The lowest BCUT2D eigenvalue weighted by molar-refractivity contribution is -0.00968. The minimum Gasteiger partial charge on any atom is -0.489 e. The molecule has 2 fully saturated rings. The zero-order valence-corrected chi connectivity index (χ0v) is 18.3. The van der Waals surface area contributed by atoms with E-state index < -0.39 is 5.82 Å². The molecule has 4 rings (SSSR count). The van der Waals surface area contributed by atoms with Crippen LogP contribution in [0.5, 0.6) is 5.75 Å². The van der Waals surface area contributed by atoms with Crippen molar-refractivity contribution in [2.75, 3.05) is 13.2 Å². The van der Waals surface area contributed by atoms with Crippen molar-refractivity contribution in [1.29, 1.82) is 0 Å². The van der Waals surface area contributed by atoms with E-state index in [2.05, 4.69) is 13.5 Å². The first-order valence-corrected chi connectivity index (χ1v) is 11.5. The minimum atomic E-state index is -0.416. The van der Waals surface area contributed by atoms with Gasteiger partial charge in [-0.1, -0.05) is 24.8 Å². The van der Waals surface area contributed by atoms with Gasteiger partial charge in [-0.3, -0.25) is 0 Å². The van der Waals surface area contributed by atoms with Crippen molar-refractivity contribution < 1.29 is 18.3 Å². The van der Waals surface area contributed by atoms with Crippen LogP contribution in [-0.4, -0.2) is 19.3 Å². The van der Waals surface area contributed by atoms with Crippen molar-refractivity contribution >= 4 is 0 Å². The summed E-state index contributed by atoms with van der Waals surface area (Å²) in [6.07, 6.45) is 8.66. The van der Waals surface area contributed by atoms with Crippen molar-refractivity contribution in [3.05, 3.63) is 66.3 Å². The second-order valence-corrected chi connectivity index (χ2v) is 8.90. The standard InChI is InChI=1S/C27H32F2O2/c1-3-13-31-23-10-12-25(27(29)17-23)21-8-11-24(26(28)16-21)20-6-5-19-15-22(30-4-2)9-7-18(19)14-20/h3,8,10-12,16-20,22H,1,4-7,9,13-15H2,2H3. The van der Waals surface area contributed by atoms with Gasteiger partial charge < -0.3 is 9.47 Å². The van der Waals surface area contributed by atoms with Gasteiger partial charge in [0.2, 0.25) is 0 Å². The predicted molar refractivity (Wildman–Crippen MR) is 120 cm³/mol. The molecule has 2 aromatic carbocycles. The van der Waals surface area contributed by atoms with Gasteiger partial charge in [-0.2, -0.15) is 0 Å². The molecule has 166 valence electrons. The number of ether oxygens (including phenoxy) is 2. The summed E-state index contributed by atoms with van der Waals surface area (Å²) < 4.78 is 40.9. The average molecular weight is 427 g/mol. The van der Waals surface area contributed by atoms with E-state index in [1.54, 1.807) is 18.2 Å². The predicted octanol–water partition coefficient (Wildman–Crippen LogP) is 7.29. The van der Waals surface area contributed by atoms with E-state index >= 15 is 4.39 Å². The highest BCUT2D eigenvalue weighted by Crippen LogP contribution is 2.47. The van der Waals surface area contributed by atoms with Crippen LogP contribution in [0.1, 0.15) is 56.9 Å². The molecule has 2 nitrogen and oxygen atoms in total. The third-order valence-corrected chi connectivity index (χ3v) is 7.03. The van der Waals surface area contributed by atoms with Crippen molar-refractivity contribution in [1.82, 2.24) is 0 Å². The lowest BCUT2D eigenvalue weighted by Gasteiger charge is -2.42. The molecule has 0 aromatic heterocycles. The van der Waals surface area contributed by atoms with Gasteiger partial charge in [0.25, 0.3) is 0 Å². The number of fused-ring (bicyclic) bond motifs is 1. The fourth-order valence-electron chi connectivity index (χ4n) is 5.52. The van der Waals surface area contributed by atoms with Gasteiger partial charge in [-0.25, -0.2) is 8.78 Å². The average Bonchev–Trinajstić information content (AvgIpc) is 2.77. The van der Waals surface area contributed by atoms with Crippen LogP contribution in [-0.2, 0) is 4.74 Å². The van der Waals surface area contributed by atoms with Crippen LogP contribution in [0.3, 0.4) is 0 Å². The molecule has 4 heteroatoms. The van der Waals surface area contributed by atoms with Gasteiger partial charge in [0.05, 0.1) is 6.10 Å². The summed E-state index contributed by atoms with van der Waals surface area (Å²) in [5.74, 6) is 1.41. The van der Waals surface area contributed by atoms with Gasteiger partial charge >= 0.3 is 0 Å². The molecule has 2 aliphatic rings. The van der Waals surface area contributed by atoms with Crippen LogP contribution in [0.25, 0.3) is 11.1 Å². The van der Waals surface area contributed by atoms with E-state index in [0.717, 1.165) is 44.3 Å². The van der Waals surface area contributed by atoms with Crippen LogP contribution in [0.2, 0.25) is 0 Å². The van der Waals surface area contributed by atoms with E-state index in [-0.39, 0.29) is 11.7 Å². The molecule has 2 aliphatic carbocycles. The molecule has 2 aromatic rings. The highest BCUT2D eigenvalue weighted by Gasteiger charge is 2.36. The maximum atomic E-state index is 15.1. The third kappa shape index (κ3) is 5.01. The lowest BCUT2D eigenvalue weighted by atomic mass is 9.65. The maximum Gasteiger partial charge on any atom is 0.134 e. The maximum absolute atomic E-state index is 15.1. The molecule has 0 spiro atoms. The summed E-state index contributed by atoms with van der Waals surface area (Å²) in [6, 6.07) is 9.88. The Morgan fingerprint density at radius 3 is 2.52 bits per heavy atom. The number of halogens is 2. The molecule has 0 amide bonds. The first-order valence-electron chi connectivity index (χ1n) is 11.5. The Bertz CT molecular complexity index is 910. The highest BCUT2D eigenvalue weighted by atomic mass is 19.1. The van der Waals surface area contributed by atoms with Crippen molar-refractivity contribution in [3.63, 3.8) is 0 Å². The van der Waals surface area contributed by atoms with Gasteiger partial charge in [0, 0.05) is 18.2 Å². The fraction of sp³-hybridized carbons (Fsp3) is 0.481. The first-order chi connectivity index (χ1) is 15.1. The van der Waals surface area contributed by atoms with E-state index in [9.17, 15) is 4.39 Å². The minimum absolute atomic E-state index is 0.227. The Balaban J connectivity index is 1.46. The monoisotopic (exact) mass is 426 g/mol. The lowest BCUT2D eigenvalue weighted by Crippen LogP contribution is -2.33. The Hall–Kier alpha value is -2.20. The summed E-state index contributed by atoms with van der Waals surface area (Å²) in [6.45, 7) is 6.75. The molecule has 4 unspecified atom stereocenters. The molecule has 0 radical (unpaired) electrons. The van der Waals surface area contributed by atoms with Gasteiger partial charge in [-0.15, -0.1) is 0 Å². The quantitative estimate of drug-likeness (QED) is 0.433. The summed E-state index contributed by atoms with van der Waals surface area (Å²) in [5.41, 5.74) is 1.72. The SMILES string of the molecule is C=CCOc1ccc(-c2ccc(C3CCC4CC(OCC)CCC4C3)c(F)c2)c(F)c1. The molecule has 0 aliphatic heterocycles. The number of benzene rings is 2. The molecule has 4 atom stereocenters. The normalized spacial score (nSPS) is 25.6. The van der Waals surface area contributed by atoms with Crippen LogP contribution in [0.4, 0.5) is 8.78 Å². The van der Waals surface area contributed by atoms with E-state index in [4.69, 9.17) is 9.47 Å². The number of hydrogen-bond acceptors (Lipinski definition) is 2. The molecule has 31 heavy (non-hydrogen) atoms. The Morgan fingerprint density at radius 2 is 1.77 bits per heavy atom. The van der Waals surface area contributed by atoms with Gasteiger partial charge in [-0.05, 0) is 92.5 Å². The van der Waals surface area contributed by atoms with Crippen LogP contribution >= 0.6 is 0 Å². The second kappa shape index (κ2) is 9.95. The van der Waals surface area contributed by atoms with Crippen molar-refractivity contribution in [3.8, 4) is 16.9 Å². The largest absolute Gasteiger partial charge is 0.489 e. The summed E-state index contributed by atoms with van der Waals surface area (Å²) in [5, 5.41) is 0. The Kier molecular flexibility index (Phi) is 7.06. The molecular weight excluding hydrogens is 394 g/mol. The van der Waals surface area contributed by atoms with E-state index in [1.165, 1.54) is 18.6 Å². The molecule has 2 saturated carbocycles. The highest BCUT2D eigenvalue weighted by molar-refractivity contribution is 5.65. The van der Waals surface area contributed by atoms with Gasteiger partial charge in [0.1, 0.15) is 24.0 Å². The molecule has 0 saturated heterocycles. The first kappa shape index (κ1) is 22.0. The zero-order valence-electron chi connectivity index (χ0n) is 18.3. The summed E-state index contributed by atoms with van der Waals surface area (Å²) in [4.78, 5) is 0. The summed E-state index contributed by atoms with van der Waals surface area (Å²) in [7, 11) is 0. The number of rotatable bonds is 7.